The highest BCUT2D eigenvalue weighted by Gasteiger charge is 2.15. The molecule has 0 aliphatic rings. The Labute approximate surface area is 81.9 Å². The van der Waals surface area contributed by atoms with Crippen molar-refractivity contribution < 1.29 is 12.8 Å². The molecule has 0 unspecified atom stereocenters. The van der Waals surface area contributed by atoms with Crippen molar-refractivity contribution in [2.45, 2.75) is 13.0 Å². The van der Waals surface area contributed by atoms with Gasteiger partial charge in [-0.3, -0.25) is 0 Å². The van der Waals surface area contributed by atoms with Crippen LogP contribution in [0.2, 0.25) is 0 Å². The van der Waals surface area contributed by atoms with E-state index < -0.39 is 21.3 Å². The van der Waals surface area contributed by atoms with Gasteiger partial charge in [0.2, 0.25) is 10.0 Å². The Morgan fingerprint density at radius 2 is 2.38 bits per heavy atom. The molecule has 6 heteroatoms. The summed E-state index contributed by atoms with van der Waals surface area (Å²) in [4.78, 5) is 0. The Morgan fingerprint density at radius 3 is 2.85 bits per heavy atom. The number of halogens is 1. The quantitative estimate of drug-likeness (QED) is 0.787. The maximum atomic E-state index is 11.0. The molecule has 0 aromatic carbocycles. The van der Waals surface area contributed by atoms with Crippen molar-refractivity contribution in [1.82, 2.24) is 4.72 Å². The van der Waals surface area contributed by atoms with E-state index in [4.69, 9.17) is 16.0 Å². The van der Waals surface area contributed by atoms with Crippen molar-refractivity contribution in [3.05, 3.63) is 24.2 Å². The maximum absolute atomic E-state index is 11.0. The van der Waals surface area contributed by atoms with Gasteiger partial charge in [0.1, 0.15) is 11.0 Å². The molecule has 1 heterocycles. The molecular formula is C7H10ClNO3S. The molecule has 0 fully saturated rings. The topological polar surface area (TPSA) is 59.3 Å². The number of rotatable bonds is 4. The third-order valence-electron chi connectivity index (χ3n) is 1.47. The van der Waals surface area contributed by atoms with E-state index in [-0.39, 0.29) is 0 Å². The van der Waals surface area contributed by atoms with Gasteiger partial charge in [-0.05, 0) is 19.1 Å². The van der Waals surface area contributed by atoms with Gasteiger partial charge in [-0.2, -0.15) is 0 Å². The minimum atomic E-state index is -3.39. The molecular weight excluding hydrogens is 214 g/mol. The third-order valence-corrected chi connectivity index (χ3v) is 3.33. The fourth-order valence-electron chi connectivity index (χ4n) is 0.897. The number of furan rings is 1. The van der Waals surface area contributed by atoms with E-state index in [2.05, 4.69) is 4.72 Å². The van der Waals surface area contributed by atoms with Crippen LogP contribution in [0, 0.1) is 0 Å². The van der Waals surface area contributed by atoms with Crippen LogP contribution in [0.25, 0.3) is 0 Å². The first-order valence-electron chi connectivity index (χ1n) is 3.64. The van der Waals surface area contributed by atoms with E-state index in [9.17, 15) is 8.42 Å². The lowest BCUT2D eigenvalue weighted by Gasteiger charge is -2.09. The van der Waals surface area contributed by atoms with Gasteiger partial charge in [-0.25, -0.2) is 13.1 Å². The highest BCUT2D eigenvalue weighted by Crippen LogP contribution is 2.13. The van der Waals surface area contributed by atoms with Gasteiger partial charge in [0.15, 0.2) is 0 Å². The van der Waals surface area contributed by atoms with Gasteiger partial charge in [-0.1, -0.05) is 0 Å². The van der Waals surface area contributed by atoms with Crippen molar-refractivity contribution in [3.63, 3.8) is 0 Å². The molecule has 74 valence electrons. The zero-order valence-electron chi connectivity index (χ0n) is 7.03. The van der Waals surface area contributed by atoms with Crippen molar-refractivity contribution >= 4 is 21.6 Å². The van der Waals surface area contributed by atoms with Gasteiger partial charge in [0.25, 0.3) is 0 Å². The van der Waals surface area contributed by atoms with Crippen LogP contribution in [0.5, 0.6) is 0 Å². The summed E-state index contributed by atoms with van der Waals surface area (Å²) < 4.78 is 29.4. The lowest BCUT2D eigenvalue weighted by atomic mass is 10.3. The molecule has 13 heavy (non-hydrogen) atoms. The molecule has 1 aromatic rings. The number of hydrogen-bond acceptors (Lipinski definition) is 3. The standard InChI is InChI=1S/C7H10ClNO3S/c1-6(7-3-2-4-12-7)9-13(10,11)5-8/h2-4,6,9H,5H2,1H3/t6-/m1/s1. The summed E-state index contributed by atoms with van der Waals surface area (Å²) in [6.45, 7) is 1.68. The smallest absolute Gasteiger partial charge is 0.226 e. The van der Waals surface area contributed by atoms with E-state index in [1.54, 1.807) is 19.1 Å². The third kappa shape index (κ3) is 3.02. The number of hydrogen-bond donors (Lipinski definition) is 1. The van der Waals surface area contributed by atoms with Crippen LogP contribution in [-0.2, 0) is 10.0 Å². The van der Waals surface area contributed by atoms with Crippen molar-refractivity contribution in [3.8, 4) is 0 Å². The predicted molar refractivity (Wildman–Crippen MR) is 49.9 cm³/mol. The second kappa shape index (κ2) is 4.13. The maximum Gasteiger partial charge on any atom is 0.226 e. The molecule has 1 rings (SSSR count). The lowest BCUT2D eigenvalue weighted by molar-refractivity contribution is 0.460. The molecule has 4 nitrogen and oxygen atoms in total. The van der Waals surface area contributed by atoms with Gasteiger partial charge >= 0.3 is 0 Å². The zero-order chi connectivity index (χ0) is 9.90. The summed E-state index contributed by atoms with van der Waals surface area (Å²) >= 11 is 5.22. The van der Waals surface area contributed by atoms with Crippen LogP contribution in [-0.4, -0.2) is 13.6 Å². The Balaban J connectivity index is 2.67. The van der Waals surface area contributed by atoms with E-state index in [1.807, 2.05) is 0 Å². The molecule has 0 amide bonds. The van der Waals surface area contributed by atoms with Crippen LogP contribution in [0.3, 0.4) is 0 Å². The fourth-order valence-corrected chi connectivity index (χ4v) is 1.80. The summed E-state index contributed by atoms with van der Waals surface area (Å²) in [5.41, 5.74) is 0. The van der Waals surface area contributed by atoms with E-state index in [1.165, 1.54) is 6.26 Å². The van der Waals surface area contributed by atoms with Gasteiger partial charge < -0.3 is 4.42 Å². The number of nitrogens with one attached hydrogen (secondary N) is 1. The summed E-state index contributed by atoms with van der Waals surface area (Å²) in [5, 5.41) is -0.446. The Kier molecular flexibility index (Phi) is 3.35. The molecule has 0 aliphatic carbocycles. The predicted octanol–water partition coefficient (Wildman–Crippen LogP) is 1.46. The Hall–Kier alpha value is -0.520. The molecule has 0 saturated heterocycles. The van der Waals surface area contributed by atoms with Crippen LogP contribution in [0.4, 0.5) is 0 Å². The normalized spacial score (nSPS) is 14.3. The first kappa shape index (κ1) is 10.6. The molecule has 0 spiro atoms. The zero-order valence-corrected chi connectivity index (χ0v) is 8.60. The molecule has 1 atom stereocenters. The summed E-state index contributed by atoms with van der Waals surface area (Å²) in [5.74, 6) is 0.564. The SMILES string of the molecule is C[C@@H](NS(=O)(=O)CCl)c1ccco1. The fraction of sp³-hybridized carbons (Fsp3) is 0.429. The molecule has 1 aromatic heterocycles. The van der Waals surface area contributed by atoms with Crippen molar-refractivity contribution in [2.24, 2.45) is 0 Å². The lowest BCUT2D eigenvalue weighted by Crippen LogP contribution is -2.27. The second-order valence-electron chi connectivity index (χ2n) is 2.58. The monoisotopic (exact) mass is 223 g/mol. The summed E-state index contributed by atoms with van der Waals surface area (Å²) in [6.07, 6.45) is 1.49. The molecule has 0 radical (unpaired) electrons. The first-order valence-corrected chi connectivity index (χ1v) is 5.83. The molecule has 0 bridgehead atoms. The second-order valence-corrected chi connectivity index (χ2v) is 4.92. The number of alkyl halides is 1. The van der Waals surface area contributed by atoms with Crippen LogP contribution >= 0.6 is 11.6 Å². The molecule has 1 N–H and O–H groups in total. The highest BCUT2D eigenvalue weighted by atomic mass is 35.5. The van der Waals surface area contributed by atoms with E-state index >= 15 is 0 Å². The Morgan fingerprint density at radius 1 is 1.69 bits per heavy atom. The summed E-state index contributed by atoms with van der Waals surface area (Å²) in [7, 11) is -3.39. The number of sulfonamides is 1. The largest absolute Gasteiger partial charge is 0.468 e. The Bertz CT molecular complexity index is 346. The van der Waals surface area contributed by atoms with Gasteiger partial charge in [-0.15, -0.1) is 11.6 Å². The van der Waals surface area contributed by atoms with Crippen molar-refractivity contribution in [1.29, 1.82) is 0 Å². The molecule has 0 saturated carbocycles. The first-order chi connectivity index (χ1) is 6.05. The van der Waals surface area contributed by atoms with E-state index in [0.29, 0.717) is 5.76 Å². The minimum Gasteiger partial charge on any atom is -0.468 e. The van der Waals surface area contributed by atoms with Crippen LogP contribution in [0.15, 0.2) is 22.8 Å². The molecule has 0 aliphatic heterocycles. The van der Waals surface area contributed by atoms with Crippen molar-refractivity contribution in [2.75, 3.05) is 5.21 Å². The van der Waals surface area contributed by atoms with Crippen LogP contribution < -0.4 is 4.72 Å². The van der Waals surface area contributed by atoms with Gasteiger partial charge in [0, 0.05) is 0 Å². The van der Waals surface area contributed by atoms with E-state index in [0.717, 1.165) is 0 Å². The average molecular weight is 224 g/mol. The van der Waals surface area contributed by atoms with Crippen LogP contribution in [0.1, 0.15) is 18.7 Å². The summed E-state index contributed by atoms with van der Waals surface area (Å²) in [6, 6.07) is 3.00. The van der Waals surface area contributed by atoms with Gasteiger partial charge in [0.05, 0.1) is 12.3 Å². The highest BCUT2D eigenvalue weighted by molar-refractivity contribution is 7.90. The average Bonchev–Trinajstić information content (AvgIpc) is 2.55. The minimum absolute atomic E-state index is 0.390.